The zero-order valence-corrected chi connectivity index (χ0v) is 10.9. The summed E-state index contributed by atoms with van der Waals surface area (Å²) in [7, 11) is 0. The highest BCUT2D eigenvalue weighted by Crippen LogP contribution is 2.44. The van der Waals surface area contributed by atoms with E-state index in [1.807, 2.05) is 20.8 Å². The van der Waals surface area contributed by atoms with Crippen LogP contribution in [0.25, 0.3) is 0 Å². The molecular weight excluding hydrogens is 221 g/mol. The fourth-order valence-corrected chi connectivity index (χ4v) is 2.57. The molecule has 1 saturated carbocycles. The van der Waals surface area contributed by atoms with Crippen LogP contribution >= 0.6 is 0 Å². The molecule has 0 aromatic carbocycles. The summed E-state index contributed by atoms with van der Waals surface area (Å²) in [6.45, 7) is 6.15. The van der Waals surface area contributed by atoms with E-state index >= 15 is 0 Å². The minimum atomic E-state index is -0.833. The van der Waals surface area contributed by atoms with E-state index in [2.05, 4.69) is 0 Å². The second-order valence-corrected chi connectivity index (χ2v) is 6.12. The van der Waals surface area contributed by atoms with Gasteiger partial charge in [0.15, 0.2) is 0 Å². The van der Waals surface area contributed by atoms with Gasteiger partial charge >= 0.3 is 6.09 Å². The van der Waals surface area contributed by atoms with Crippen LogP contribution in [-0.2, 0) is 4.74 Å². The average Bonchev–Trinajstić information content (AvgIpc) is 2.71. The predicted molar refractivity (Wildman–Crippen MR) is 63.6 cm³/mol. The van der Waals surface area contributed by atoms with Gasteiger partial charge in [0.05, 0.1) is 6.04 Å². The first-order valence-electron chi connectivity index (χ1n) is 6.54. The molecule has 98 valence electrons. The minimum absolute atomic E-state index is 0.0582. The highest BCUT2D eigenvalue weighted by molar-refractivity contribution is 5.69. The maximum absolute atomic E-state index is 13.6. The molecule has 2 fully saturated rings. The molecule has 1 saturated heterocycles. The highest BCUT2D eigenvalue weighted by Gasteiger charge is 2.56. The van der Waals surface area contributed by atoms with Gasteiger partial charge in [-0.3, -0.25) is 0 Å². The summed E-state index contributed by atoms with van der Waals surface area (Å²) < 4.78 is 19.0. The van der Waals surface area contributed by atoms with Gasteiger partial charge in [-0.25, -0.2) is 9.18 Å². The van der Waals surface area contributed by atoms with Crippen LogP contribution in [0.1, 0.15) is 46.5 Å². The lowest BCUT2D eigenvalue weighted by Gasteiger charge is -2.28. The van der Waals surface area contributed by atoms with Crippen molar-refractivity contribution in [2.45, 2.75) is 64.3 Å². The van der Waals surface area contributed by atoms with Crippen LogP contribution in [0, 0.1) is 5.92 Å². The third-order valence-electron chi connectivity index (χ3n) is 3.46. The summed E-state index contributed by atoms with van der Waals surface area (Å²) in [6.07, 6.45) is 2.84. The molecule has 1 aliphatic heterocycles. The van der Waals surface area contributed by atoms with Gasteiger partial charge in [-0.05, 0) is 33.6 Å². The van der Waals surface area contributed by atoms with Gasteiger partial charge in [0, 0.05) is 12.5 Å². The van der Waals surface area contributed by atoms with E-state index in [-0.39, 0.29) is 18.1 Å². The third kappa shape index (κ3) is 2.90. The van der Waals surface area contributed by atoms with E-state index < -0.39 is 11.8 Å². The molecule has 4 heteroatoms. The Kier molecular flexibility index (Phi) is 3.32. The van der Waals surface area contributed by atoms with Crippen molar-refractivity contribution in [1.82, 2.24) is 4.90 Å². The van der Waals surface area contributed by atoms with Gasteiger partial charge in [0.2, 0.25) is 0 Å². The Bertz CT molecular complexity index is 300. The van der Waals surface area contributed by atoms with Gasteiger partial charge in [0.1, 0.15) is 11.8 Å². The smallest absolute Gasteiger partial charge is 0.410 e. The number of hydrogen-bond acceptors (Lipinski definition) is 2. The van der Waals surface area contributed by atoms with Gasteiger partial charge in [0.25, 0.3) is 0 Å². The Balaban J connectivity index is 2.00. The summed E-state index contributed by atoms with van der Waals surface area (Å²) in [6, 6.07) is -0.217. The van der Waals surface area contributed by atoms with Crippen molar-refractivity contribution < 1.29 is 13.9 Å². The molecule has 0 N–H and O–H groups in total. The molecule has 0 spiro atoms. The van der Waals surface area contributed by atoms with Crippen LogP contribution in [0.3, 0.4) is 0 Å². The molecule has 3 atom stereocenters. The molecule has 0 bridgehead atoms. The number of amides is 1. The number of hydrogen-bond donors (Lipinski definition) is 0. The number of carbonyl (C=O) groups excluding carboxylic acids is 1. The summed E-state index contributed by atoms with van der Waals surface area (Å²) in [4.78, 5) is 13.6. The first-order valence-corrected chi connectivity index (χ1v) is 6.54. The van der Waals surface area contributed by atoms with Crippen molar-refractivity contribution in [3.8, 4) is 0 Å². The zero-order chi connectivity index (χ0) is 12.6. The number of rotatable bonds is 0. The second kappa shape index (κ2) is 4.46. The molecule has 2 rings (SSSR count). The third-order valence-corrected chi connectivity index (χ3v) is 3.46. The molecule has 2 aliphatic rings. The number of halogens is 1. The quantitative estimate of drug-likeness (QED) is 0.654. The summed E-state index contributed by atoms with van der Waals surface area (Å²) in [5.74, 6) is 0.0582. The van der Waals surface area contributed by atoms with Crippen LogP contribution in [-0.4, -0.2) is 35.4 Å². The van der Waals surface area contributed by atoms with Crippen LogP contribution < -0.4 is 0 Å². The van der Waals surface area contributed by atoms with Crippen LogP contribution in [0.5, 0.6) is 0 Å². The Morgan fingerprint density at radius 3 is 2.65 bits per heavy atom. The molecule has 1 amide bonds. The molecule has 0 radical (unpaired) electrons. The van der Waals surface area contributed by atoms with Crippen molar-refractivity contribution in [1.29, 1.82) is 0 Å². The van der Waals surface area contributed by atoms with E-state index in [9.17, 15) is 9.18 Å². The van der Waals surface area contributed by atoms with Crippen molar-refractivity contribution in [3.63, 3.8) is 0 Å². The average molecular weight is 243 g/mol. The van der Waals surface area contributed by atoms with E-state index in [1.54, 1.807) is 4.90 Å². The molecule has 1 heterocycles. The largest absolute Gasteiger partial charge is 0.444 e. The Morgan fingerprint density at radius 2 is 2.00 bits per heavy atom. The first-order chi connectivity index (χ1) is 7.90. The first kappa shape index (κ1) is 12.7. The fraction of sp³-hybridized carbons (Fsp3) is 0.923. The van der Waals surface area contributed by atoms with E-state index in [1.165, 1.54) is 0 Å². The van der Waals surface area contributed by atoms with Gasteiger partial charge in [-0.2, -0.15) is 0 Å². The molecule has 17 heavy (non-hydrogen) atoms. The van der Waals surface area contributed by atoms with Crippen LogP contribution in [0.4, 0.5) is 9.18 Å². The van der Waals surface area contributed by atoms with Crippen LogP contribution in [0.2, 0.25) is 0 Å². The molecule has 1 unspecified atom stereocenters. The fourth-order valence-electron chi connectivity index (χ4n) is 2.57. The lowest BCUT2D eigenvalue weighted by atomic mass is 10.1. The van der Waals surface area contributed by atoms with E-state index in [0.717, 1.165) is 25.7 Å². The SMILES string of the molecule is CC(C)(C)OC(=O)N1CCCCC[C@@H]2C1[C@@H]2F. The standard InChI is InChI=1S/C13H22FNO2/c1-13(2,3)17-12(16)15-8-6-4-5-7-9-10(14)11(9)15/h9-11H,4-8H2,1-3H3/t9-,10+,11?/m0/s1. The van der Waals surface area contributed by atoms with Crippen molar-refractivity contribution >= 4 is 6.09 Å². The maximum atomic E-state index is 13.6. The molecule has 3 nitrogen and oxygen atoms in total. The summed E-state index contributed by atoms with van der Waals surface area (Å²) in [5, 5.41) is 0. The lowest BCUT2D eigenvalue weighted by Crippen LogP contribution is -2.40. The van der Waals surface area contributed by atoms with Gasteiger partial charge in [-0.1, -0.05) is 12.8 Å². The number of ether oxygens (including phenoxy) is 1. The van der Waals surface area contributed by atoms with Gasteiger partial charge < -0.3 is 9.64 Å². The van der Waals surface area contributed by atoms with Crippen molar-refractivity contribution in [2.75, 3.05) is 6.54 Å². The molecular formula is C13H22FNO2. The molecule has 0 aromatic rings. The van der Waals surface area contributed by atoms with E-state index in [4.69, 9.17) is 4.74 Å². The second-order valence-electron chi connectivity index (χ2n) is 6.12. The predicted octanol–water partition coefficient (Wildman–Crippen LogP) is 3.13. The molecule has 0 aromatic heterocycles. The number of fused-ring (bicyclic) bond motifs is 1. The molecule has 1 aliphatic carbocycles. The van der Waals surface area contributed by atoms with Crippen molar-refractivity contribution in [2.24, 2.45) is 5.92 Å². The number of likely N-dealkylation sites (tertiary alicyclic amines) is 1. The highest BCUT2D eigenvalue weighted by atomic mass is 19.1. The topological polar surface area (TPSA) is 29.5 Å². The minimum Gasteiger partial charge on any atom is -0.444 e. The monoisotopic (exact) mass is 243 g/mol. The number of nitrogens with zero attached hydrogens (tertiary/aromatic N) is 1. The summed E-state index contributed by atoms with van der Waals surface area (Å²) in [5.41, 5.74) is -0.504. The van der Waals surface area contributed by atoms with Crippen LogP contribution in [0.15, 0.2) is 0 Å². The Labute approximate surface area is 102 Å². The normalized spacial score (nSPS) is 33.4. The lowest BCUT2D eigenvalue weighted by molar-refractivity contribution is 0.0201. The zero-order valence-electron chi connectivity index (χ0n) is 10.9. The Morgan fingerprint density at radius 1 is 1.29 bits per heavy atom. The van der Waals surface area contributed by atoms with Gasteiger partial charge in [-0.15, -0.1) is 0 Å². The van der Waals surface area contributed by atoms with Crippen molar-refractivity contribution in [3.05, 3.63) is 0 Å². The maximum Gasteiger partial charge on any atom is 0.410 e. The summed E-state index contributed by atoms with van der Waals surface area (Å²) >= 11 is 0. The number of carbonyl (C=O) groups is 1. The van der Waals surface area contributed by atoms with E-state index in [0.29, 0.717) is 6.54 Å². The number of alkyl halides is 1. The Hall–Kier alpha value is -0.800.